The second kappa shape index (κ2) is 11.2. The molecule has 142 valence electrons. The average Bonchev–Trinajstić information content (AvgIpc) is 2.67. The van der Waals surface area contributed by atoms with E-state index in [1.54, 1.807) is 12.3 Å². The van der Waals surface area contributed by atoms with Crippen molar-refractivity contribution in [2.75, 3.05) is 13.2 Å². The molecule has 0 aliphatic rings. The quantitative estimate of drug-likeness (QED) is 0.259. The molecular weight excluding hydrogens is 382 g/mol. The van der Waals surface area contributed by atoms with E-state index in [9.17, 15) is 0 Å². The monoisotopic (exact) mass is 404 g/mol. The summed E-state index contributed by atoms with van der Waals surface area (Å²) >= 11 is 11.3. The first-order chi connectivity index (χ1) is 13.1. The van der Waals surface area contributed by atoms with Gasteiger partial charge in [0.05, 0.1) is 6.61 Å². The molecule has 0 saturated carbocycles. The molecular formula is C20H23ClN3O2S+. The number of thiocarbonyl (C=S) groups is 1. The molecule has 0 radical (unpaired) electrons. The molecule has 0 amide bonds. The second-order valence-corrected chi connectivity index (χ2v) is 6.25. The van der Waals surface area contributed by atoms with Crippen molar-refractivity contribution in [3.05, 3.63) is 71.3 Å². The molecule has 27 heavy (non-hydrogen) atoms. The molecule has 0 unspecified atom stereocenters. The third-order valence-electron chi connectivity index (χ3n) is 3.44. The van der Waals surface area contributed by atoms with Crippen LogP contribution in [0.4, 0.5) is 0 Å². The van der Waals surface area contributed by atoms with Crippen molar-refractivity contribution in [3.63, 3.8) is 0 Å². The lowest BCUT2D eigenvalue weighted by molar-refractivity contribution is -0.500. The molecule has 2 aromatic carbocycles. The van der Waals surface area contributed by atoms with Crippen LogP contribution in [0, 0.1) is 0 Å². The number of benzene rings is 2. The third kappa shape index (κ3) is 6.92. The van der Waals surface area contributed by atoms with Gasteiger partial charge in [-0.15, -0.1) is 17.1 Å². The minimum atomic E-state index is 0.367. The molecule has 0 aliphatic carbocycles. The van der Waals surface area contributed by atoms with Crippen molar-refractivity contribution in [2.45, 2.75) is 13.5 Å². The smallest absolute Gasteiger partial charge is 0.224 e. The van der Waals surface area contributed by atoms with Gasteiger partial charge in [-0.1, -0.05) is 35.9 Å². The fourth-order valence-corrected chi connectivity index (χ4v) is 2.50. The number of nitrogens with one attached hydrogen (secondary N) is 3. The summed E-state index contributed by atoms with van der Waals surface area (Å²) in [6.07, 6.45) is 3.51. The van der Waals surface area contributed by atoms with E-state index in [2.05, 4.69) is 22.4 Å². The number of hydrazine groups is 1. The number of ether oxygens (including phenoxy) is 2. The molecule has 0 saturated heterocycles. The van der Waals surface area contributed by atoms with E-state index in [0.717, 1.165) is 11.1 Å². The highest BCUT2D eigenvalue weighted by atomic mass is 35.5. The Morgan fingerprint density at radius 3 is 2.78 bits per heavy atom. The molecule has 0 atom stereocenters. The lowest BCUT2D eigenvalue weighted by Gasteiger charge is -2.13. The summed E-state index contributed by atoms with van der Waals surface area (Å²) in [7, 11) is 0. The van der Waals surface area contributed by atoms with E-state index < -0.39 is 0 Å². The Morgan fingerprint density at radius 2 is 2.04 bits per heavy atom. The van der Waals surface area contributed by atoms with Gasteiger partial charge in [0.2, 0.25) is 5.11 Å². The van der Waals surface area contributed by atoms with E-state index in [-0.39, 0.29) is 0 Å². The molecule has 5 nitrogen and oxygen atoms in total. The maximum atomic E-state index is 6.18. The molecule has 2 aromatic rings. The van der Waals surface area contributed by atoms with Gasteiger partial charge in [-0.05, 0) is 43.4 Å². The summed E-state index contributed by atoms with van der Waals surface area (Å²) in [6, 6.07) is 13.3. The number of hydrogen-bond acceptors (Lipinski definition) is 3. The lowest BCUT2D eigenvalue weighted by atomic mass is 10.2. The second-order valence-electron chi connectivity index (χ2n) is 5.43. The average molecular weight is 405 g/mol. The molecule has 0 aliphatic heterocycles. The van der Waals surface area contributed by atoms with E-state index in [4.69, 9.17) is 33.3 Å². The molecule has 0 heterocycles. The first kappa shape index (κ1) is 20.7. The summed E-state index contributed by atoms with van der Waals surface area (Å²) in [5, 5.41) is 7.06. The third-order valence-corrected chi connectivity index (χ3v) is 4.06. The topological polar surface area (TPSA) is 56.5 Å². The molecule has 0 aromatic heterocycles. The van der Waals surface area contributed by atoms with Gasteiger partial charge >= 0.3 is 0 Å². The van der Waals surface area contributed by atoms with Crippen LogP contribution >= 0.6 is 23.8 Å². The molecule has 0 bridgehead atoms. The van der Waals surface area contributed by atoms with Gasteiger partial charge in [0, 0.05) is 22.7 Å². The molecule has 7 heteroatoms. The van der Waals surface area contributed by atoms with Gasteiger partial charge in [-0.2, -0.15) is 0 Å². The molecule has 0 fully saturated rings. The predicted octanol–water partition coefficient (Wildman–Crippen LogP) is 2.38. The largest absolute Gasteiger partial charge is 0.490 e. The lowest BCUT2D eigenvalue weighted by Crippen LogP contribution is -2.82. The van der Waals surface area contributed by atoms with Gasteiger partial charge in [-0.3, -0.25) is 0 Å². The van der Waals surface area contributed by atoms with Crippen molar-refractivity contribution in [1.82, 2.24) is 10.7 Å². The Balaban J connectivity index is 2.03. The number of hydrazone groups is 1. The van der Waals surface area contributed by atoms with Gasteiger partial charge in [0.25, 0.3) is 0 Å². The minimum Gasteiger partial charge on any atom is -0.490 e. The van der Waals surface area contributed by atoms with Crippen LogP contribution in [0.3, 0.4) is 0 Å². The predicted molar refractivity (Wildman–Crippen MR) is 113 cm³/mol. The molecule has 3 N–H and O–H groups in total. The molecule has 0 spiro atoms. The summed E-state index contributed by atoms with van der Waals surface area (Å²) in [5.74, 6) is 1.32. The SMILES string of the molecule is C=CCNC(=S)N[NH+]=Cc1ccc(OCc2ccccc2Cl)c(OCC)c1. The van der Waals surface area contributed by atoms with Gasteiger partial charge in [-0.25, -0.2) is 0 Å². The van der Waals surface area contributed by atoms with Crippen molar-refractivity contribution < 1.29 is 14.6 Å². The Labute approximate surface area is 170 Å². The summed E-state index contributed by atoms with van der Waals surface area (Å²) in [4.78, 5) is 0. The number of hydrogen-bond donors (Lipinski definition) is 3. The van der Waals surface area contributed by atoms with E-state index in [1.807, 2.05) is 49.4 Å². The van der Waals surface area contributed by atoms with Crippen molar-refractivity contribution >= 4 is 35.1 Å². The summed E-state index contributed by atoms with van der Waals surface area (Å²) in [6.45, 7) is 7.05. The molecule has 2 rings (SSSR count). The van der Waals surface area contributed by atoms with Crippen LogP contribution in [-0.4, -0.2) is 24.5 Å². The highest BCUT2D eigenvalue weighted by molar-refractivity contribution is 7.80. The number of rotatable bonds is 9. The zero-order chi connectivity index (χ0) is 19.5. The fourth-order valence-electron chi connectivity index (χ4n) is 2.17. The Kier molecular flexibility index (Phi) is 8.61. The van der Waals surface area contributed by atoms with Crippen LogP contribution in [0.2, 0.25) is 5.02 Å². The Morgan fingerprint density at radius 1 is 1.22 bits per heavy atom. The van der Waals surface area contributed by atoms with Gasteiger partial charge in [0.1, 0.15) is 6.61 Å². The summed E-state index contributed by atoms with van der Waals surface area (Å²) < 4.78 is 11.6. The van der Waals surface area contributed by atoms with Crippen molar-refractivity contribution in [2.24, 2.45) is 0 Å². The standard InChI is InChI=1S/C20H22ClN3O2S/c1-3-11-22-20(27)24-23-13-15-9-10-18(19(12-15)25-4-2)26-14-16-7-5-6-8-17(16)21/h3,5-10,12-13H,1,4,11,14H2,2H3,(H2,22,24,27)/p+1. The Hall–Kier alpha value is -2.57. The van der Waals surface area contributed by atoms with Crippen LogP contribution in [-0.2, 0) is 6.61 Å². The van der Waals surface area contributed by atoms with E-state index >= 15 is 0 Å². The first-order valence-corrected chi connectivity index (χ1v) is 9.29. The van der Waals surface area contributed by atoms with Crippen LogP contribution in [0.15, 0.2) is 55.1 Å². The normalized spacial score (nSPS) is 10.4. The highest BCUT2D eigenvalue weighted by Gasteiger charge is 2.08. The first-order valence-electron chi connectivity index (χ1n) is 8.50. The maximum absolute atomic E-state index is 6.18. The van der Waals surface area contributed by atoms with Crippen LogP contribution < -0.4 is 25.3 Å². The van der Waals surface area contributed by atoms with E-state index in [1.165, 1.54) is 0 Å². The zero-order valence-electron chi connectivity index (χ0n) is 15.1. The minimum absolute atomic E-state index is 0.367. The van der Waals surface area contributed by atoms with Crippen molar-refractivity contribution in [3.8, 4) is 11.5 Å². The van der Waals surface area contributed by atoms with Crippen molar-refractivity contribution in [1.29, 1.82) is 0 Å². The van der Waals surface area contributed by atoms with Crippen LogP contribution in [0.5, 0.6) is 11.5 Å². The highest BCUT2D eigenvalue weighted by Crippen LogP contribution is 2.29. The zero-order valence-corrected chi connectivity index (χ0v) is 16.7. The summed E-state index contributed by atoms with van der Waals surface area (Å²) in [5.41, 5.74) is 4.69. The Bertz CT molecular complexity index is 812. The van der Waals surface area contributed by atoms with Crippen LogP contribution in [0.1, 0.15) is 18.1 Å². The maximum Gasteiger partial charge on any atom is 0.224 e. The fraction of sp³-hybridized carbons (Fsp3) is 0.200. The van der Waals surface area contributed by atoms with Gasteiger partial charge in [0.15, 0.2) is 17.7 Å². The van der Waals surface area contributed by atoms with E-state index in [0.29, 0.717) is 41.4 Å². The van der Waals surface area contributed by atoms with Crippen LogP contribution in [0.25, 0.3) is 0 Å². The van der Waals surface area contributed by atoms with Gasteiger partial charge < -0.3 is 14.8 Å². The number of halogens is 1.